The van der Waals surface area contributed by atoms with E-state index in [0.29, 0.717) is 6.61 Å². The van der Waals surface area contributed by atoms with E-state index in [4.69, 9.17) is 14.6 Å². The molecule has 4 atom stereocenters. The fraction of sp³-hybridized carbons (Fsp3) is 0.895. The molecule has 1 heterocycles. The van der Waals surface area contributed by atoms with Crippen LogP contribution in [0.15, 0.2) is 12.2 Å². The topological polar surface area (TPSA) is 79.2 Å². The summed E-state index contributed by atoms with van der Waals surface area (Å²) in [5.41, 5.74) is 0. The van der Waals surface area contributed by atoms with Crippen LogP contribution < -0.4 is 0 Å². The predicted octanol–water partition coefficient (Wildman–Crippen LogP) is 2.57. The van der Waals surface area contributed by atoms with Gasteiger partial charge in [0.15, 0.2) is 0 Å². The Kier molecular flexibility index (Phi) is 12.4. The van der Waals surface area contributed by atoms with Gasteiger partial charge in [0.05, 0.1) is 19.8 Å². The first-order valence-corrected chi connectivity index (χ1v) is 9.55. The van der Waals surface area contributed by atoms with Crippen molar-refractivity contribution in [1.82, 2.24) is 0 Å². The molecule has 5 heteroatoms. The average molecular weight is 344 g/mol. The van der Waals surface area contributed by atoms with Crippen LogP contribution in [0.1, 0.15) is 64.7 Å². The van der Waals surface area contributed by atoms with Crippen LogP contribution in [-0.4, -0.2) is 59.6 Å². The molecule has 24 heavy (non-hydrogen) atoms. The van der Waals surface area contributed by atoms with Gasteiger partial charge in [-0.15, -0.1) is 0 Å². The lowest BCUT2D eigenvalue weighted by molar-refractivity contribution is -0.0924. The molecule has 0 unspecified atom stereocenters. The summed E-state index contributed by atoms with van der Waals surface area (Å²) < 4.78 is 10.9. The molecule has 0 saturated carbocycles. The third-order valence-corrected chi connectivity index (χ3v) is 4.46. The molecule has 1 aliphatic heterocycles. The van der Waals surface area contributed by atoms with E-state index in [0.717, 1.165) is 12.8 Å². The molecule has 0 aliphatic carbocycles. The minimum Gasteiger partial charge on any atom is -0.394 e. The quantitative estimate of drug-likeness (QED) is 0.333. The highest BCUT2D eigenvalue weighted by Crippen LogP contribution is 2.21. The van der Waals surface area contributed by atoms with Crippen LogP contribution in [-0.2, 0) is 9.47 Å². The van der Waals surface area contributed by atoms with Crippen LogP contribution >= 0.6 is 0 Å². The Hall–Kier alpha value is -0.460. The first-order chi connectivity index (χ1) is 11.7. The lowest BCUT2D eigenvalue weighted by atomic mass is 10.1. The van der Waals surface area contributed by atoms with Crippen molar-refractivity contribution in [1.29, 1.82) is 0 Å². The van der Waals surface area contributed by atoms with Gasteiger partial charge in [-0.25, -0.2) is 0 Å². The van der Waals surface area contributed by atoms with E-state index in [1.54, 1.807) is 0 Å². The van der Waals surface area contributed by atoms with Crippen molar-refractivity contribution in [2.75, 3.05) is 19.8 Å². The Balaban J connectivity index is 2.02. The number of hydrogen-bond acceptors (Lipinski definition) is 5. The van der Waals surface area contributed by atoms with Gasteiger partial charge < -0.3 is 24.8 Å². The van der Waals surface area contributed by atoms with Crippen LogP contribution in [0, 0.1) is 0 Å². The third-order valence-electron chi connectivity index (χ3n) is 4.46. The van der Waals surface area contributed by atoms with Crippen LogP contribution in [0.25, 0.3) is 0 Å². The van der Waals surface area contributed by atoms with Crippen LogP contribution in [0.4, 0.5) is 0 Å². The summed E-state index contributed by atoms with van der Waals surface area (Å²) in [5, 5.41) is 28.5. The van der Waals surface area contributed by atoms with Gasteiger partial charge in [0.1, 0.15) is 24.4 Å². The average Bonchev–Trinajstić information content (AvgIpc) is 2.96. The largest absolute Gasteiger partial charge is 0.394 e. The molecule has 0 amide bonds. The first kappa shape index (κ1) is 21.6. The molecule has 3 N–H and O–H groups in total. The van der Waals surface area contributed by atoms with Crippen molar-refractivity contribution in [2.24, 2.45) is 0 Å². The summed E-state index contributed by atoms with van der Waals surface area (Å²) in [4.78, 5) is 0. The van der Waals surface area contributed by atoms with Crippen molar-refractivity contribution in [3.63, 3.8) is 0 Å². The fourth-order valence-electron chi connectivity index (χ4n) is 2.99. The normalized spacial score (nSPS) is 25.6. The first-order valence-electron chi connectivity index (χ1n) is 9.55. The lowest BCUT2D eigenvalue weighted by Crippen LogP contribution is -2.42. The van der Waals surface area contributed by atoms with Crippen LogP contribution in [0.3, 0.4) is 0 Å². The van der Waals surface area contributed by atoms with Gasteiger partial charge in [-0.3, -0.25) is 0 Å². The summed E-state index contributed by atoms with van der Waals surface area (Å²) in [7, 11) is 0. The molecule has 1 saturated heterocycles. The number of rotatable bonds is 14. The Morgan fingerprint density at radius 2 is 1.75 bits per heavy atom. The number of aliphatic hydroxyl groups is 3. The van der Waals surface area contributed by atoms with Crippen LogP contribution in [0.2, 0.25) is 0 Å². The van der Waals surface area contributed by atoms with Gasteiger partial charge in [0.25, 0.3) is 0 Å². The number of unbranched alkanes of at least 4 members (excludes halogenated alkanes) is 7. The van der Waals surface area contributed by atoms with Crippen LogP contribution in [0.5, 0.6) is 0 Å². The summed E-state index contributed by atoms with van der Waals surface area (Å²) in [6.07, 6.45) is 12.5. The van der Waals surface area contributed by atoms with Crippen molar-refractivity contribution in [3.8, 4) is 0 Å². The number of hydrogen-bond donors (Lipinski definition) is 3. The molecular formula is C19H36O5. The van der Waals surface area contributed by atoms with Gasteiger partial charge in [0.2, 0.25) is 0 Å². The van der Waals surface area contributed by atoms with E-state index in [1.165, 1.54) is 44.9 Å². The molecule has 0 radical (unpaired) electrons. The molecule has 0 bridgehead atoms. The SMILES string of the molecule is CCCCCCCCC/C=C/CCO[C@@H]1[C@H]([C@H](O)CO)OC[C@@H]1O. The Labute approximate surface area is 146 Å². The highest BCUT2D eigenvalue weighted by Gasteiger charge is 2.40. The lowest BCUT2D eigenvalue weighted by Gasteiger charge is -2.23. The zero-order chi connectivity index (χ0) is 17.6. The fourth-order valence-corrected chi connectivity index (χ4v) is 2.99. The molecule has 0 aromatic carbocycles. The summed E-state index contributed by atoms with van der Waals surface area (Å²) in [6.45, 7) is 2.47. The van der Waals surface area contributed by atoms with E-state index >= 15 is 0 Å². The number of allylic oxidation sites excluding steroid dienone is 1. The second-order valence-electron chi connectivity index (χ2n) is 6.62. The van der Waals surface area contributed by atoms with Crippen molar-refractivity contribution >= 4 is 0 Å². The number of ether oxygens (including phenoxy) is 2. The molecule has 5 nitrogen and oxygen atoms in total. The second kappa shape index (κ2) is 13.8. The zero-order valence-corrected chi connectivity index (χ0v) is 15.1. The molecular weight excluding hydrogens is 308 g/mol. The predicted molar refractivity (Wildman–Crippen MR) is 94.9 cm³/mol. The summed E-state index contributed by atoms with van der Waals surface area (Å²) in [6, 6.07) is 0. The van der Waals surface area contributed by atoms with Gasteiger partial charge in [-0.1, -0.05) is 57.6 Å². The smallest absolute Gasteiger partial charge is 0.114 e. The monoisotopic (exact) mass is 344 g/mol. The van der Waals surface area contributed by atoms with Crippen molar-refractivity contribution in [2.45, 2.75) is 89.1 Å². The van der Waals surface area contributed by atoms with E-state index in [2.05, 4.69) is 19.1 Å². The van der Waals surface area contributed by atoms with E-state index < -0.39 is 31.0 Å². The molecule has 1 aliphatic rings. The molecule has 0 spiro atoms. The Morgan fingerprint density at radius 1 is 1.08 bits per heavy atom. The van der Waals surface area contributed by atoms with E-state index in [9.17, 15) is 10.2 Å². The molecule has 0 aromatic heterocycles. The number of aliphatic hydroxyl groups excluding tert-OH is 3. The highest BCUT2D eigenvalue weighted by molar-refractivity contribution is 4.89. The molecule has 1 fully saturated rings. The Morgan fingerprint density at radius 3 is 2.46 bits per heavy atom. The standard InChI is InChI=1S/C19H36O5/c1-2-3-4-5-6-7-8-9-10-11-12-13-23-19-17(22)15-24-18(19)16(21)14-20/h10-11,16-22H,2-9,12-15H2,1H3/b11-10+/t16-,17+,18+,19+/m1/s1. The van der Waals surface area contributed by atoms with Crippen molar-refractivity contribution in [3.05, 3.63) is 12.2 Å². The molecule has 142 valence electrons. The van der Waals surface area contributed by atoms with E-state index in [1.807, 2.05) is 0 Å². The Bertz CT molecular complexity index is 321. The van der Waals surface area contributed by atoms with Gasteiger partial charge in [0, 0.05) is 0 Å². The van der Waals surface area contributed by atoms with Gasteiger partial charge >= 0.3 is 0 Å². The molecule has 0 aromatic rings. The summed E-state index contributed by atoms with van der Waals surface area (Å²) >= 11 is 0. The third kappa shape index (κ3) is 8.58. The maximum atomic E-state index is 9.82. The van der Waals surface area contributed by atoms with Crippen molar-refractivity contribution < 1.29 is 24.8 Å². The highest BCUT2D eigenvalue weighted by atomic mass is 16.6. The van der Waals surface area contributed by atoms with Gasteiger partial charge in [-0.05, 0) is 19.3 Å². The minimum atomic E-state index is -1.01. The summed E-state index contributed by atoms with van der Waals surface area (Å²) in [5.74, 6) is 0. The minimum absolute atomic E-state index is 0.139. The van der Waals surface area contributed by atoms with E-state index in [-0.39, 0.29) is 6.61 Å². The second-order valence-corrected chi connectivity index (χ2v) is 6.62. The zero-order valence-electron chi connectivity index (χ0n) is 15.1. The maximum absolute atomic E-state index is 9.82. The maximum Gasteiger partial charge on any atom is 0.114 e. The van der Waals surface area contributed by atoms with Gasteiger partial charge in [-0.2, -0.15) is 0 Å². The molecule has 1 rings (SSSR count).